The number of nitrogens with zero attached hydrogens (tertiary/aromatic N) is 1. The van der Waals surface area contributed by atoms with E-state index in [1.54, 1.807) is 24.3 Å². The number of rotatable bonds is 4. The van der Waals surface area contributed by atoms with Crippen LogP contribution in [0.25, 0.3) is 11.1 Å². The molecule has 0 unspecified atom stereocenters. The summed E-state index contributed by atoms with van der Waals surface area (Å²) in [5.41, 5.74) is 2.08. The number of aromatic nitrogens is 2. The number of carbonyl (C=O) groups excluding carboxylic acids is 1. The number of nitrogens with one attached hydrogen (secondary N) is 1. The van der Waals surface area contributed by atoms with Crippen LogP contribution in [0.4, 0.5) is 0 Å². The Morgan fingerprint density at radius 1 is 1.09 bits per heavy atom. The highest BCUT2D eigenvalue weighted by molar-refractivity contribution is 5.91. The van der Waals surface area contributed by atoms with Gasteiger partial charge >= 0.3 is 5.97 Å². The van der Waals surface area contributed by atoms with Gasteiger partial charge in [-0.3, -0.25) is 4.79 Å². The molecular formula is C18H14N2O3. The summed E-state index contributed by atoms with van der Waals surface area (Å²) in [6, 6.07) is 16.2. The van der Waals surface area contributed by atoms with Crippen molar-refractivity contribution < 1.29 is 9.53 Å². The maximum atomic E-state index is 12.2. The van der Waals surface area contributed by atoms with Crippen molar-refractivity contribution in [2.75, 3.05) is 0 Å². The van der Waals surface area contributed by atoms with Gasteiger partial charge < -0.3 is 9.72 Å². The average Bonchev–Trinajstić information content (AvgIpc) is 2.61. The van der Waals surface area contributed by atoms with Gasteiger partial charge in [0.2, 0.25) is 0 Å². The highest BCUT2D eigenvalue weighted by atomic mass is 16.5. The second kappa shape index (κ2) is 6.70. The molecule has 1 N–H and O–H groups in total. The summed E-state index contributed by atoms with van der Waals surface area (Å²) >= 11 is 0. The van der Waals surface area contributed by atoms with Crippen LogP contribution in [-0.4, -0.2) is 15.9 Å². The molecule has 1 aromatic heterocycles. The lowest BCUT2D eigenvalue weighted by molar-refractivity contribution is 0.0473. The van der Waals surface area contributed by atoms with E-state index in [0.29, 0.717) is 16.7 Å². The van der Waals surface area contributed by atoms with Crippen LogP contribution in [0.15, 0.2) is 71.9 Å². The Balaban J connectivity index is 1.78. The van der Waals surface area contributed by atoms with Crippen molar-refractivity contribution in [1.29, 1.82) is 0 Å². The Hall–Kier alpha value is -3.21. The quantitative estimate of drug-likeness (QED) is 0.752. The second-order valence-corrected chi connectivity index (χ2v) is 4.94. The highest BCUT2D eigenvalue weighted by Crippen LogP contribution is 2.17. The molecule has 0 atom stereocenters. The van der Waals surface area contributed by atoms with Gasteiger partial charge in [0.05, 0.1) is 17.5 Å². The molecule has 0 aliphatic heterocycles. The summed E-state index contributed by atoms with van der Waals surface area (Å²) < 4.78 is 5.29. The first-order valence-electron chi connectivity index (χ1n) is 7.08. The molecule has 0 spiro atoms. The molecule has 2 aromatic carbocycles. The fraction of sp³-hybridized carbons (Fsp3) is 0.0556. The van der Waals surface area contributed by atoms with Gasteiger partial charge in [-0.1, -0.05) is 42.5 Å². The Kier molecular flexibility index (Phi) is 4.29. The third-order valence-electron chi connectivity index (χ3n) is 3.34. The Labute approximate surface area is 132 Å². The van der Waals surface area contributed by atoms with E-state index in [1.807, 2.05) is 30.3 Å². The number of hydrogen-bond donors (Lipinski definition) is 1. The predicted molar refractivity (Wildman–Crippen MR) is 85.9 cm³/mol. The molecule has 0 aliphatic carbocycles. The molecule has 3 aromatic rings. The van der Waals surface area contributed by atoms with Gasteiger partial charge in [-0.2, -0.15) is 0 Å². The number of H-pyrrole nitrogens is 1. The molecule has 0 saturated heterocycles. The van der Waals surface area contributed by atoms with Crippen LogP contribution in [-0.2, 0) is 11.3 Å². The molecule has 5 heteroatoms. The molecule has 5 nitrogen and oxygen atoms in total. The minimum atomic E-state index is -0.434. The van der Waals surface area contributed by atoms with Gasteiger partial charge in [0.25, 0.3) is 5.56 Å². The summed E-state index contributed by atoms with van der Waals surface area (Å²) in [7, 11) is 0. The lowest BCUT2D eigenvalue weighted by Gasteiger charge is -2.06. The molecule has 23 heavy (non-hydrogen) atoms. The zero-order chi connectivity index (χ0) is 16.1. The third kappa shape index (κ3) is 3.52. The first kappa shape index (κ1) is 14.7. The molecule has 0 aliphatic rings. The number of esters is 1. The van der Waals surface area contributed by atoms with Gasteiger partial charge in [-0.25, -0.2) is 9.78 Å². The van der Waals surface area contributed by atoms with Crippen LogP contribution >= 0.6 is 0 Å². The van der Waals surface area contributed by atoms with E-state index < -0.39 is 5.97 Å². The number of hydrogen-bond acceptors (Lipinski definition) is 4. The lowest BCUT2D eigenvalue weighted by Crippen LogP contribution is -2.09. The van der Waals surface area contributed by atoms with Crippen LogP contribution in [0.2, 0.25) is 0 Å². The molecule has 0 fully saturated rings. The molecule has 0 amide bonds. The Morgan fingerprint density at radius 3 is 2.70 bits per heavy atom. The minimum absolute atomic E-state index is 0.206. The summed E-state index contributed by atoms with van der Waals surface area (Å²) in [6.45, 7) is 0.206. The molecule has 0 radical (unpaired) electrons. The van der Waals surface area contributed by atoms with Crippen LogP contribution in [0.5, 0.6) is 0 Å². The monoisotopic (exact) mass is 306 g/mol. The number of benzene rings is 2. The molecule has 0 saturated carbocycles. The highest BCUT2D eigenvalue weighted by Gasteiger charge is 2.10. The molecule has 114 valence electrons. The van der Waals surface area contributed by atoms with E-state index in [9.17, 15) is 9.59 Å². The smallest absolute Gasteiger partial charge is 0.338 e. The normalized spacial score (nSPS) is 10.3. The second-order valence-electron chi connectivity index (χ2n) is 4.94. The fourth-order valence-electron chi connectivity index (χ4n) is 2.17. The van der Waals surface area contributed by atoms with Crippen molar-refractivity contribution in [2.24, 2.45) is 0 Å². The third-order valence-corrected chi connectivity index (χ3v) is 3.34. The maximum Gasteiger partial charge on any atom is 0.338 e. The van der Waals surface area contributed by atoms with Gasteiger partial charge in [0.15, 0.2) is 0 Å². The van der Waals surface area contributed by atoms with E-state index in [1.165, 1.54) is 12.5 Å². The lowest BCUT2D eigenvalue weighted by atomic mass is 10.1. The number of aromatic amines is 1. The fourth-order valence-corrected chi connectivity index (χ4v) is 2.17. The van der Waals surface area contributed by atoms with Crippen LogP contribution in [0.3, 0.4) is 0 Å². The van der Waals surface area contributed by atoms with Crippen LogP contribution < -0.4 is 5.56 Å². The number of carbonyl (C=O) groups is 1. The van der Waals surface area contributed by atoms with Crippen molar-refractivity contribution in [1.82, 2.24) is 9.97 Å². The Morgan fingerprint density at radius 2 is 1.91 bits per heavy atom. The topological polar surface area (TPSA) is 72.0 Å². The van der Waals surface area contributed by atoms with Crippen molar-refractivity contribution in [2.45, 2.75) is 6.61 Å². The SMILES string of the molecule is O=C(OCc1ccccc1)c1cccc(-c2cnc[nH]c2=O)c1. The Bertz CT molecular complexity index is 872. The average molecular weight is 306 g/mol. The molecule has 3 rings (SSSR count). The molecule has 1 heterocycles. The van der Waals surface area contributed by atoms with Gasteiger partial charge in [-0.15, -0.1) is 0 Å². The van der Waals surface area contributed by atoms with E-state index in [-0.39, 0.29) is 12.2 Å². The first-order chi connectivity index (χ1) is 11.2. The van der Waals surface area contributed by atoms with E-state index in [4.69, 9.17) is 4.74 Å². The van der Waals surface area contributed by atoms with Gasteiger partial charge in [-0.05, 0) is 23.3 Å². The van der Waals surface area contributed by atoms with Crippen LogP contribution in [0.1, 0.15) is 15.9 Å². The summed E-state index contributed by atoms with van der Waals surface area (Å²) in [5, 5.41) is 0. The zero-order valence-electron chi connectivity index (χ0n) is 12.2. The molecular weight excluding hydrogens is 292 g/mol. The van der Waals surface area contributed by atoms with Gasteiger partial charge in [0, 0.05) is 6.20 Å². The predicted octanol–water partition coefficient (Wildman–Crippen LogP) is 2.79. The van der Waals surface area contributed by atoms with E-state index in [0.717, 1.165) is 5.56 Å². The summed E-state index contributed by atoms with van der Waals surface area (Å²) in [4.78, 5) is 30.4. The van der Waals surface area contributed by atoms with Crippen LogP contribution in [0, 0.1) is 0 Å². The molecule has 0 bridgehead atoms. The van der Waals surface area contributed by atoms with E-state index in [2.05, 4.69) is 9.97 Å². The van der Waals surface area contributed by atoms with E-state index >= 15 is 0 Å². The first-order valence-corrected chi connectivity index (χ1v) is 7.08. The van der Waals surface area contributed by atoms with Gasteiger partial charge in [0.1, 0.15) is 6.61 Å². The summed E-state index contributed by atoms with van der Waals surface area (Å²) in [6.07, 6.45) is 2.79. The minimum Gasteiger partial charge on any atom is -0.457 e. The van der Waals surface area contributed by atoms with Crippen molar-refractivity contribution in [3.8, 4) is 11.1 Å². The largest absolute Gasteiger partial charge is 0.457 e. The zero-order valence-corrected chi connectivity index (χ0v) is 12.2. The number of ether oxygens (including phenoxy) is 1. The standard InChI is InChI=1S/C18H14N2O3/c21-17-16(10-19-12-20-17)14-7-4-8-15(9-14)18(22)23-11-13-5-2-1-3-6-13/h1-10,12H,11H2,(H,19,20,21). The van der Waals surface area contributed by atoms with Crippen molar-refractivity contribution in [3.05, 3.63) is 88.6 Å². The van der Waals surface area contributed by atoms with Crippen molar-refractivity contribution >= 4 is 5.97 Å². The summed E-state index contributed by atoms with van der Waals surface area (Å²) in [5.74, 6) is -0.434. The maximum absolute atomic E-state index is 12.2. The van der Waals surface area contributed by atoms with Crippen molar-refractivity contribution in [3.63, 3.8) is 0 Å².